The minimum atomic E-state index is -3.78. The molecule has 0 aliphatic heterocycles. The average Bonchev–Trinajstić information content (AvgIpc) is 2.29. The van der Waals surface area contributed by atoms with E-state index in [1.54, 1.807) is 0 Å². The van der Waals surface area contributed by atoms with Crippen LogP contribution in [0.25, 0.3) is 0 Å². The van der Waals surface area contributed by atoms with Crippen LogP contribution in [0.15, 0.2) is 23.1 Å². The molecule has 0 aliphatic rings. The summed E-state index contributed by atoms with van der Waals surface area (Å²) in [5, 5.41) is 0. The largest absolute Gasteiger partial charge is 0.240 e. The zero-order chi connectivity index (χ0) is 13.1. The van der Waals surface area contributed by atoms with E-state index in [0.29, 0.717) is 18.9 Å². The van der Waals surface area contributed by atoms with Crippen molar-refractivity contribution >= 4 is 10.0 Å². The molecule has 0 atom stereocenters. The first-order valence-corrected chi connectivity index (χ1v) is 6.86. The Morgan fingerprint density at radius 1 is 1.18 bits per heavy atom. The van der Waals surface area contributed by atoms with Gasteiger partial charge in [0.25, 0.3) is 0 Å². The van der Waals surface area contributed by atoms with Gasteiger partial charge in [0.05, 0.1) is 4.90 Å². The first kappa shape index (κ1) is 14.1. The van der Waals surface area contributed by atoms with Crippen molar-refractivity contribution in [3.63, 3.8) is 0 Å². The van der Waals surface area contributed by atoms with E-state index in [1.807, 2.05) is 13.8 Å². The van der Waals surface area contributed by atoms with Crippen molar-refractivity contribution in [2.75, 3.05) is 0 Å². The molecule has 0 radical (unpaired) electrons. The zero-order valence-electron chi connectivity index (χ0n) is 9.70. The molecule has 0 aliphatic carbocycles. The summed E-state index contributed by atoms with van der Waals surface area (Å²) in [6, 6.07) is 2.33. The van der Waals surface area contributed by atoms with Gasteiger partial charge in [-0.1, -0.05) is 13.8 Å². The molecule has 17 heavy (non-hydrogen) atoms. The van der Waals surface area contributed by atoms with Gasteiger partial charge in [0.15, 0.2) is 11.6 Å². The molecule has 1 aromatic carbocycles. The summed E-state index contributed by atoms with van der Waals surface area (Å²) in [4.78, 5) is -0.261. The lowest BCUT2D eigenvalue weighted by Gasteiger charge is -2.14. The van der Waals surface area contributed by atoms with Crippen LogP contribution in [0.3, 0.4) is 0 Å². The van der Waals surface area contributed by atoms with E-state index in [4.69, 9.17) is 0 Å². The third kappa shape index (κ3) is 3.47. The van der Waals surface area contributed by atoms with E-state index in [2.05, 4.69) is 4.72 Å². The number of rotatable bonds is 5. The van der Waals surface area contributed by atoms with E-state index in [1.165, 1.54) is 0 Å². The Hall–Kier alpha value is -1.01. The maximum Gasteiger partial charge on any atom is 0.240 e. The van der Waals surface area contributed by atoms with Crippen molar-refractivity contribution in [1.82, 2.24) is 4.72 Å². The van der Waals surface area contributed by atoms with E-state index < -0.39 is 21.7 Å². The van der Waals surface area contributed by atoms with Crippen molar-refractivity contribution in [2.24, 2.45) is 0 Å². The van der Waals surface area contributed by atoms with Crippen molar-refractivity contribution < 1.29 is 17.2 Å². The molecule has 96 valence electrons. The summed E-state index contributed by atoms with van der Waals surface area (Å²) in [5.74, 6) is -2.23. The maximum atomic E-state index is 12.9. The molecule has 0 aromatic heterocycles. The molecule has 0 spiro atoms. The van der Waals surface area contributed by atoms with Crippen LogP contribution in [0.1, 0.15) is 26.7 Å². The number of hydrogen-bond acceptors (Lipinski definition) is 2. The Morgan fingerprint density at radius 2 is 1.76 bits per heavy atom. The standard InChI is InChI=1S/C11H15F2NO2S/c1-3-8(4-2)14-17(15,16)9-5-6-10(12)11(13)7-9/h5-8,14H,3-4H2,1-2H3. The normalized spacial score (nSPS) is 12.1. The number of halogens is 2. The van der Waals surface area contributed by atoms with Crippen LogP contribution in [0.5, 0.6) is 0 Å². The second-order valence-electron chi connectivity index (χ2n) is 3.71. The van der Waals surface area contributed by atoms with E-state index in [9.17, 15) is 17.2 Å². The van der Waals surface area contributed by atoms with Crippen LogP contribution in [0.4, 0.5) is 8.78 Å². The van der Waals surface area contributed by atoms with Crippen LogP contribution < -0.4 is 4.72 Å². The number of hydrogen-bond donors (Lipinski definition) is 1. The molecule has 1 N–H and O–H groups in total. The fourth-order valence-electron chi connectivity index (χ4n) is 1.39. The van der Waals surface area contributed by atoms with E-state index in [-0.39, 0.29) is 10.9 Å². The topological polar surface area (TPSA) is 46.2 Å². The molecule has 3 nitrogen and oxygen atoms in total. The summed E-state index contributed by atoms with van der Waals surface area (Å²) in [5.41, 5.74) is 0. The SMILES string of the molecule is CCC(CC)NS(=O)(=O)c1ccc(F)c(F)c1. The quantitative estimate of drug-likeness (QED) is 0.886. The minimum Gasteiger partial charge on any atom is -0.208 e. The monoisotopic (exact) mass is 263 g/mol. The lowest BCUT2D eigenvalue weighted by Crippen LogP contribution is -2.33. The van der Waals surface area contributed by atoms with Gasteiger partial charge in [-0.05, 0) is 31.0 Å². The van der Waals surface area contributed by atoms with Crippen LogP contribution >= 0.6 is 0 Å². The Labute approximate surface area is 99.9 Å². The highest BCUT2D eigenvalue weighted by Crippen LogP contribution is 2.14. The second-order valence-corrected chi connectivity index (χ2v) is 5.42. The third-order valence-corrected chi connectivity index (χ3v) is 4.03. The number of nitrogens with one attached hydrogen (secondary N) is 1. The van der Waals surface area contributed by atoms with Crippen LogP contribution in [-0.4, -0.2) is 14.5 Å². The summed E-state index contributed by atoms with van der Waals surface area (Å²) in [6.07, 6.45) is 1.28. The predicted molar refractivity (Wildman–Crippen MR) is 61.0 cm³/mol. The van der Waals surface area contributed by atoms with E-state index >= 15 is 0 Å². The Bertz CT molecular complexity index is 484. The Morgan fingerprint density at radius 3 is 2.24 bits per heavy atom. The van der Waals surface area contributed by atoms with Gasteiger partial charge in [0, 0.05) is 6.04 Å². The highest BCUT2D eigenvalue weighted by molar-refractivity contribution is 7.89. The Balaban J connectivity index is 3.01. The Kier molecular flexibility index (Phi) is 4.59. The van der Waals surface area contributed by atoms with Gasteiger partial charge in [-0.15, -0.1) is 0 Å². The lowest BCUT2D eigenvalue weighted by molar-refractivity contribution is 0.502. The van der Waals surface area contributed by atoms with Crippen LogP contribution in [-0.2, 0) is 10.0 Å². The van der Waals surface area contributed by atoms with Gasteiger partial charge in [-0.2, -0.15) is 0 Å². The smallest absolute Gasteiger partial charge is 0.208 e. The molecule has 0 unspecified atom stereocenters. The fourth-order valence-corrected chi connectivity index (χ4v) is 2.80. The average molecular weight is 263 g/mol. The number of sulfonamides is 1. The molecule has 0 saturated carbocycles. The van der Waals surface area contributed by atoms with E-state index in [0.717, 1.165) is 12.1 Å². The minimum absolute atomic E-state index is 0.201. The van der Waals surface area contributed by atoms with Crippen molar-refractivity contribution in [1.29, 1.82) is 0 Å². The molecule has 0 bridgehead atoms. The first-order chi connectivity index (χ1) is 7.90. The lowest BCUT2D eigenvalue weighted by atomic mass is 10.2. The van der Waals surface area contributed by atoms with Crippen molar-refractivity contribution in [3.8, 4) is 0 Å². The summed E-state index contributed by atoms with van der Waals surface area (Å²) in [7, 11) is -3.78. The zero-order valence-corrected chi connectivity index (χ0v) is 10.5. The molecule has 0 amide bonds. The highest BCUT2D eigenvalue weighted by atomic mass is 32.2. The van der Waals surface area contributed by atoms with Crippen LogP contribution in [0.2, 0.25) is 0 Å². The summed E-state index contributed by atoms with van der Waals surface area (Å²) < 4.78 is 51.7. The molecule has 0 fully saturated rings. The van der Waals surface area contributed by atoms with Crippen LogP contribution in [0, 0.1) is 11.6 Å². The summed E-state index contributed by atoms with van der Waals surface area (Å²) in [6.45, 7) is 3.70. The highest BCUT2D eigenvalue weighted by Gasteiger charge is 2.19. The van der Waals surface area contributed by atoms with Crippen molar-refractivity contribution in [2.45, 2.75) is 37.6 Å². The molecular weight excluding hydrogens is 248 g/mol. The molecule has 6 heteroatoms. The first-order valence-electron chi connectivity index (χ1n) is 5.38. The third-order valence-electron chi connectivity index (χ3n) is 2.51. The molecule has 1 aromatic rings. The molecule has 1 rings (SSSR count). The van der Waals surface area contributed by atoms with Crippen molar-refractivity contribution in [3.05, 3.63) is 29.8 Å². The number of benzene rings is 1. The van der Waals surface area contributed by atoms with Gasteiger partial charge in [-0.25, -0.2) is 21.9 Å². The van der Waals surface area contributed by atoms with Gasteiger partial charge in [0.1, 0.15) is 0 Å². The molecule has 0 heterocycles. The molecular formula is C11H15F2NO2S. The second kappa shape index (κ2) is 5.55. The van der Waals surface area contributed by atoms with Gasteiger partial charge in [-0.3, -0.25) is 0 Å². The molecule has 0 saturated heterocycles. The van der Waals surface area contributed by atoms with Gasteiger partial charge in [0.2, 0.25) is 10.0 Å². The fraction of sp³-hybridized carbons (Fsp3) is 0.455. The maximum absolute atomic E-state index is 12.9. The summed E-state index contributed by atoms with van der Waals surface area (Å²) >= 11 is 0. The van der Waals surface area contributed by atoms with Gasteiger partial charge < -0.3 is 0 Å². The predicted octanol–water partition coefficient (Wildman–Crippen LogP) is 2.43. The van der Waals surface area contributed by atoms with Gasteiger partial charge >= 0.3 is 0 Å².